The first-order valence-corrected chi connectivity index (χ1v) is 6.35. The number of nitrogens with zero attached hydrogens (tertiary/aromatic N) is 2. The van der Waals surface area contributed by atoms with Crippen molar-refractivity contribution in [1.82, 2.24) is 0 Å². The van der Waals surface area contributed by atoms with Gasteiger partial charge in [-0.25, -0.2) is 0 Å². The van der Waals surface area contributed by atoms with Crippen molar-refractivity contribution in [1.29, 1.82) is 5.26 Å². The summed E-state index contributed by atoms with van der Waals surface area (Å²) < 4.78 is 0. The van der Waals surface area contributed by atoms with Crippen LogP contribution in [-0.4, -0.2) is 12.5 Å². The van der Waals surface area contributed by atoms with Crippen molar-refractivity contribution >= 4 is 23.0 Å². The maximum atomic E-state index is 11.8. The SMILES string of the molecule is Cc1ccc(N2CC(=O)Nc3ccc(C#N)cc32)cc1. The molecule has 98 valence electrons. The normalized spacial score (nSPS) is 13.4. The highest BCUT2D eigenvalue weighted by atomic mass is 16.2. The first kappa shape index (κ1) is 12.2. The molecule has 4 heteroatoms. The average Bonchev–Trinajstić information content (AvgIpc) is 2.47. The molecule has 0 saturated carbocycles. The van der Waals surface area contributed by atoms with E-state index in [2.05, 4.69) is 11.4 Å². The van der Waals surface area contributed by atoms with E-state index in [0.717, 1.165) is 17.1 Å². The van der Waals surface area contributed by atoms with Gasteiger partial charge in [-0.05, 0) is 37.3 Å². The van der Waals surface area contributed by atoms with Crippen molar-refractivity contribution in [3.63, 3.8) is 0 Å². The zero-order chi connectivity index (χ0) is 14.1. The van der Waals surface area contributed by atoms with Crippen LogP contribution in [0.3, 0.4) is 0 Å². The van der Waals surface area contributed by atoms with Gasteiger partial charge in [0, 0.05) is 5.69 Å². The second-order valence-corrected chi connectivity index (χ2v) is 4.81. The summed E-state index contributed by atoms with van der Waals surface area (Å²) in [7, 11) is 0. The van der Waals surface area contributed by atoms with Crippen molar-refractivity contribution in [3.05, 3.63) is 53.6 Å². The van der Waals surface area contributed by atoms with Gasteiger partial charge in [0.1, 0.15) is 6.54 Å². The highest BCUT2D eigenvalue weighted by molar-refractivity contribution is 6.03. The Bertz CT molecular complexity index is 713. The van der Waals surface area contributed by atoms with Crippen molar-refractivity contribution < 1.29 is 4.79 Å². The fraction of sp³-hybridized carbons (Fsp3) is 0.125. The summed E-state index contributed by atoms with van der Waals surface area (Å²) in [6.45, 7) is 2.28. The molecule has 0 radical (unpaired) electrons. The van der Waals surface area contributed by atoms with E-state index in [0.29, 0.717) is 5.56 Å². The molecule has 0 aliphatic carbocycles. The number of benzene rings is 2. The number of hydrogen-bond donors (Lipinski definition) is 1. The number of anilines is 3. The summed E-state index contributed by atoms with van der Waals surface area (Å²) in [4.78, 5) is 13.7. The Morgan fingerprint density at radius 1 is 1.20 bits per heavy atom. The van der Waals surface area contributed by atoms with Crippen LogP contribution < -0.4 is 10.2 Å². The lowest BCUT2D eigenvalue weighted by Crippen LogP contribution is -2.35. The Morgan fingerprint density at radius 2 is 1.95 bits per heavy atom. The van der Waals surface area contributed by atoms with Crippen molar-refractivity contribution in [2.75, 3.05) is 16.8 Å². The number of nitriles is 1. The molecule has 3 rings (SSSR count). The van der Waals surface area contributed by atoms with Crippen molar-refractivity contribution in [2.24, 2.45) is 0 Å². The summed E-state index contributed by atoms with van der Waals surface area (Å²) in [5.41, 5.74) is 4.29. The molecule has 4 nitrogen and oxygen atoms in total. The number of aryl methyl sites for hydroxylation is 1. The molecule has 1 aliphatic heterocycles. The van der Waals surface area contributed by atoms with Crippen LogP contribution in [0.4, 0.5) is 17.1 Å². The smallest absolute Gasteiger partial charge is 0.244 e. The van der Waals surface area contributed by atoms with E-state index in [9.17, 15) is 4.79 Å². The van der Waals surface area contributed by atoms with Crippen LogP contribution in [-0.2, 0) is 4.79 Å². The molecule has 0 aromatic heterocycles. The molecule has 1 amide bonds. The summed E-state index contributed by atoms with van der Waals surface area (Å²) in [5.74, 6) is -0.0530. The number of rotatable bonds is 1. The molecule has 0 bridgehead atoms. The lowest BCUT2D eigenvalue weighted by molar-refractivity contribution is -0.115. The maximum absolute atomic E-state index is 11.8. The Labute approximate surface area is 117 Å². The van der Waals surface area contributed by atoms with Gasteiger partial charge in [0.15, 0.2) is 0 Å². The predicted octanol–water partition coefficient (Wildman–Crippen LogP) is 2.96. The molecule has 0 spiro atoms. The molecule has 20 heavy (non-hydrogen) atoms. The largest absolute Gasteiger partial charge is 0.330 e. The summed E-state index contributed by atoms with van der Waals surface area (Å²) in [5, 5.41) is 11.9. The van der Waals surface area contributed by atoms with Gasteiger partial charge in [-0.3, -0.25) is 4.79 Å². The van der Waals surface area contributed by atoms with Crippen LogP contribution in [0.25, 0.3) is 0 Å². The predicted molar refractivity (Wildman–Crippen MR) is 78.0 cm³/mol. The van der Waals surface area contributed by atoms with Crippen molar-refractivity contribution in [2.45, 2.75) is 6.92 Å². The molecule has 0 saturated heterocycles. The Kier molecular flexibility index (Phi) is 2.88. The van der Waals surface area contributed by atoms with E-state index in [4.69, 9.17) is 5.26 Å². The highest BCUT2D eigenvalue weighted by Gasteiger charge is 2.23. The van der Waals surface area contributed by atoms with Crippen molar-refractivity contribution in [3.8, 4) is 6.07 Å². The topological polar surface area (TPSA) is 56.1 Å². The Hall–Kier alpha value is -2.80. The number of fused-ring (bicyclic) bond motifs is 1. The number of hydrogen-bond acceptors (Lipinski definition) is 3. The Morgan fingerprint density at radius 3 is 2.65 bits per heavy atom. The second kappa shape index (κ2) is 4.71. The second-order valence-electron chi connectivity index (χ2n) is 4.81. The van der Waals surface area contributed by atoms with Gasteiger partial charge in [0.05, 0.1) is 23.0 Å². The average molecular weight is 263 g/mol. The third kappa shape index (κ3) is 2.10. The van der Waals surface area contributed by atoms with Crippen LogP contribution in [0.5, 0.6) is 0 Å². The third-order valence-corrected chi connectivity index (χ3v) is 3.34. The van der Waals surface area contributed by atoms with Crippen LogP contribution in [0.15, 0.2) is 42.5 Å². The number of amides is 1. The fourth-order valence-electron chi connectivity index (χ4n) is 2.30. The lowest BCUT2D eigenvalue weighted by atomic mass is 10.1. The van der Waals surface area contributed by atoms with E-state index in [1.165, 1.54) is 5.56 Å². The first-order chi connectivity index (χ1) is 9.67. The number of carbonyl (C=O) groups is 1. The summed E-state index contributed by atoms with van der Waals surface area (Å²) >= 11 is 0. The van der Waals surface area contributed by atoms with Gasteiger partial charge in [-0.15, -0.1) is 0 Å². The van der Waals surface area contributed by atoms with Gasteiger partial charge < -0.3 is 10.2 Å². The van der Waals surface area contributed by atoms with Gasteiger partial charge in [0.2, 0.25) is 5.91 Å². The Balaban J connectivity index is 2.11. The quantitative estimate of drug-likeness (QED) is 0.860. The van der Waals surface area contributed by atoms with E-state index < -0.39 is 0 Å². The molecule has 0 atom stereocenters. The molecular weight excluding hydrogens is 250 g/mol. The zero-order valence-corrected chi connectivity index (χ0v) is 11.1. The molecule has 2 aromatic rings. The minimum absolute atomic E-state index is 0.0530. The molecule has 1 heterocycles. The molecule has 1 aliphatic rings. The number of nitrogens with one attached hydrogen (secondary N) is 1. The van der Waals surface area contributed by atoms with E-state index in [-0.39, 0.29) is 12.5 Å². The van der Waals surface area contributed by atoms with Gasteiger partial charge >= 0.3 is 0 Å². The van der Waals surface area contributed by atoms with Gasteiger partial charge in [-0.2, -0.15) is 5.26 Å². The van der Waals surface area contributed by atoms with Crippen LogP contribution in [0.1, 0.15) is 11.1 Å². The number of carbonyl (C=O) groups excluding carboxylic acids is 1. The highest BCUT2D eigenvalue weighted by Crippen LogP contribution is 2.35. The molecular formula is C16H13N3O. The maximum Gasteiger partial charge on any atom is 0.244 e. The van der Waals surface area contributed by atoms with Crippen LogP contribution in [0, 0.1) is 18.3 Å². The van der Waals surface area contributed by atoms with E-state index in [1.807, 2.05) is 36.1 Å². The van der Waals surface area contributed by atoms with E-state index in [1.54, 1.807) is 18.2 Å². The molecule has 1 N–H and O–H groups in total. The molecule has 0 unspecified atom stereocenters. The zero-order valence-electron chi connectivity index (χ0n) is 11.1. The van der Waals surface area contributed by atoms with Gasteiger partial charge in [0.25, 0.3) is 0 Å². The molecule has 0 fully saturated rings. The van der Waals surface area contributed by atoms with Crippen LogP contribution in [0.2, 0.25) is 0 Å². The van der Waals surface area contributed by atoms with E-state index >= 15 is 0 Å². The monoisotopic (exact) mass is 263 g/mol. The van der Waals surface area contributed by atoms with Crippen LogP contribution >= 0.6 is 0 Å². The summed E-state index contributed by atoms with van der Waals surface area (Å²) in [6.07, 6.45) is 0. The lowest BCUT2D eigenvalue weighted by Gasteiger charge is -2.31. The minimum Gasteiger partial charge on any atom is -0.330 e. The van der Waals surface area contributed by atoms with Gasteiger partial charge in [-0.1, -0.05) is 17.7 Å². The third-order valence-electron chi connectivity index (χ3n) is 3.34. The summed E-state index contributed by atoms with van der Waals surface area (Å²) in [6, 6.07) is 15.4. The standard InChI is InChI=1S/C16H13N3O/c1-11-2-5-13(6-3-11)19-10-16(20)18-14-7-4-12(9-17)8-15(14)19/h2-8H,10H2,1H3,(H,18,20). The molecule has 2 aromatic carbocycles. The first-order valence-electron chi connectivity index (χ1n) is 6.35. The fourth-order valence-corrected chi connectivity index (χ4v) is 2.30. The minimum atomic E-state index is -0.0530.